The number of amides is 1. The van der Waals surface area contributed by atoms with Crippen LogP contribution in [0.4, 0.5) is 4.79 Å². The highest BCUT2D eigenvalue weighted by molar-refractivity contribution is 9.10. The first-order chi connectivity index (χ1) is 11.8. The second-order valence-corrected chi connectivity index (χ2v) is 8.75. The molecule has 130 valence electrons. The van der Waals surface area contributed by atoms with Gasteiger partial charge in [0.1, 0.15) is 16.7 Å². The molecule has 25 heavy (non-hydrogen) atoms. The maximum absolute atomic E-state index is 12.3. The van der Waals surface area contributed by atoms with E-state index < -0.39 is 5.60 Å². The van der Waals surface area contributed by atoms with E-state index in [1.54, 1.807) is 4.90 Å². The highest BCUT2D eigenvalue weighted by Gasteiger charge is 2.28. The van der Waals surface area contributed by atoms with Gasteiger partial charge in [-0.05, 0) is 42.8 Å². The molecule has 1 aliphatic rings. The molecule has 0 saturated heterocycles. The number of thiazole rings is 1. The summed E-state index contributed by atoms with van der Waals surface area (Å²) in [6.07, 6.45) is 0.398. The van der Waals surface area contributed by atoms with Crippen LogP contribution in [-0.4, -0.2) is 28.1 Å². The normalized spacial score (nSPS) is 14.0. The lowest BCUT2D eigenvalue weighted by Gasteiger charge is -2.29. The maximum atomic E-state index is 12.3. The number of fused-ring (bicyclic) bond motifs is 1. The van der Waals surface area contributed by atoms with E-state index in [9.17, 15) is 10.1 Å². The quantitative estimate of drug-likeness (QED) is 0.669. The minimum absolute atomic E-state index is 0.298. The van der Waals surface area contributed by atoms with E-state index in [4.69, 9.17) is 9.72 Å². The van der Waals surface area contributed by atoms with Crippen LogP contribution < -0.4 is 0 Å². The Labute approximate surface area is 159 Å². The third-order valence-electron chi connectivity index (χ3n) is 3.74. The van der Waals surface area contributed by atoms with Crippen molar-refractivity contribution in [1.82, 2.24) is 9.88 Å². The van der Waals surface area contributed by atoms with Gasteiger partial charge in [-0.1, -0.05) is 12.1 Å². The number of carbonyl (C=O) groups excluding carboxylic acids is 1. The molecule has 1 amide bonds. The molecule has 0 spiro atoms. The molecule has 1 aromatic carbocycles. The lowest BCUT2D eigenvalue weighted by Crippen LogP contribution is -2.39. The molecule has 2 heterocycles. The van der Waals surface area contributed by atoms with Crippen molar-refractivity contribution in [3.63, 3.8) is 0 Å². The Hall–Kier alpha value is -1.91. The molecule has 0 fully saturated rings. The van der Waals surface area contributed by atoms with Crippen molar-refractivity contribution in [1.29, 1.82) is 5.26 Å². The van der Waals surface area contributed by atoms with Crippen LogP contribution in [0, 0.1) is 11.3 Å². The van der Waals surface area contributed by atoms with Crippen LogP contribution in [0.3, 0.4) is 0 Å². The molecule has 0 unspecified atom stereocenters. The number of aromatic nitrogens is 1. The molecule has 1 aliphatic heterocycles. The van der Waals surface area contributed by atoms with Crippen molar-refractivity contribution in [3.05, 3.63) is 38.8 Å². The van der Waals surface area contributed by atoms with E-state index >= 15 is 0 Å². The number of hydrogen-bond donors (Lipinski definition) is 0. The van der Waals surface area contributed by atoms with Gasteiger partial charge in [-0.2, -0.15) is 5.26 Å². The average Bonchev–Trinajstić information content (AvgIpc) is 2.95. The third kappa shape index (κ3) is 3.86. The maximum Gasteiger partial charge on any atom is 0.410 e. The molecule has 0 bridgehead atoms. The largest absolute Gasteiger partial charge is 0.444 e. The minimum atomic E-state index is -0.506. The fourth-order valence-corrected chi connectivity index (χ4v) is 4.22. The van der Waals surface area contributed by atoms with E-state index in [1.807, 2.05) is 39.0 Å². The predicted molar refractivity (Wildman–Crippen MR) is 100 cm³/mol. The van der Waals surface area contributed by atoms with E-state index in [0.29, 0.717) is 25.1 Å². The van der Waals surface area contributed by atoms with Crippen molar-refractivity contribution in [2.24, 2.45) is 0 Å². The second-order valence-electron chi connectivity index (χ2n) is 6.81. The molecule has 0 saturated carbocycles. The molecule has 0 aliphatic carbocycles. The molecule has 0 radical (unpaired) electrons. The van der Waals surface area contributed by atoms with Crippen molar-refractivity contribution < 1.29 is 9.53 Å². The van der Waals surface area contributed by atoms with Gasteiger partial charge in [-0.25, -0.2) is 9.78 Å². The monoisotopic (exact) mass is 419 g/mol. The summed E-state index contributed by atoms with van der Waals surface area (Å²) in [6, 6.07) is 7.88. The summed E-state index contributed by atoms with van der Waals surface area (Å²) in [7, 11) is 0. The Morgan fingerprint density at radius 1 is 1.44 bits per heavy atom. The Balaban J connectivity index is 1.86. The zero-order valence-corrected chi connectivity index (χ0v) is 16.7. The van der Waals surface area contributed by atoms with Gasteiger partial charge in [0.05, 0.1) is 17.8 Å². The lowest BCUT2D eigenvalue weighted by atomic mass is 10.1. The van der Waals surface area contributed by atoms with Crippen molar-refractivity contribution in [2.45, 2.75) is 39.3 Å². The summed E-state index contributed by atoms with van der Waals surface area (Å²) in [6.45, 7) is 6.68. The number of carbonyl (C=O) groups is 1. The van der Waals surface area contributed by atoms with Gasteiger partial charge in [0.15, 0.2) is 0 Å². The van der Waals surface area contributed by atoms with Crippen molar-refractivity contribution in [3.8, 4) is 16.6 Å². The van der Waals surface area contributed by atoms with Crippen LogP contribution >= 0.6 is 27.3 Å². The van der Waals surface area contributed by atoms with Gasteiger partial charge in [0.25, 0.3) is 0 Å². The lowest BCUT2D eigenvalue weighted by molar-refractivity contribution is 0.0225. The molecule has 2 aromatic rings. The van der Waals surface area contributed by atoms with E-state index in [1.165, 1.54) is 11.3 Å². The Morgan fingerprint density at radius 3 is 2.88 bits per heavy atom. The fraction of sp³-hybridized carbons (Fsp3) is 0.389. The first-order valence-electron chi connectivity index (χ1n) is 7.94. The first-order valence-corrected chi connectivity index (χ1v) is 9.55. The van der Waals surface area contributed by atoms with Gasteiger partial charge in [0, 0.05) is 27.9 Å². The SMILES string of the molecule is CC(C)(C)OC(=O)N1CCc2nc(-c3cccc(Br)c3C#N)sc2C1. The number of hydrogen-bond acceptors (Lipinski definition) is 5. The first kappa shape index (κ1) is 17.9. The van der Waals surface area contributed by atoms with Gasteiger partial charge in [-0.3, -0.25) is 0 Å². The molecule has 5 nitrogen and oxygen atoms in total. The average molecular weight is 420 g/mol. The predicted octanol–water partition coefficient (Wildman–Crippen LogP) is 4.74. The number of benzene rings is 1. The van der Waals surface area contributed by atoms with Crippen LogP contribution in [-0.2, 0) is 17.7 Å². The topological polar surface area (TPSA) is 66.2 Å². The fourth-order valence-electron chi connectivity index (χ4n) is 2.61. The zero-order chi connectivity index (χ0) is 18.2. The van der Waals surface area contributed by atoms with E-state index in [2.05, 4.69) is 22.0 Å². The Kier molecular flexibility index (Phi) is 4.85. The van der Waals surface area contributed by atoms with Crippen LogP contribution in [0.1, 0.15) is 36.9 Å². The van der Waals surface area contributed by atoms with Crippen LogP contribution in [0.25, 0.3) is 10.6 Å². The number of nitriles is 1. The van der Waals surface area contributed by atoms with Crippen molar-refractivity contribution >= 4 is 33.4 Å². The number of nitrogens with zero attached hydrogens (tertiary/aromatic N) is 3. The van der Waals surface area contributed by atoms with E-state index in [0.717, 1.165) is 25.6 Å². The summed E-state index contributed by atoms with van der Waals surface area (Å²) in [5, 5.41) is 10.2. The Bertz CT molecular complexity index is 864. The summed E-state index contributed by atoms with van der Waals surface area (Å²) in [5.74, 6) is 0. The summed E-state index contributed by atoms with van der Waals surface area (Å²) < 4.78 is 6.22. The molecule has 0 N–H and O–H groups in total. The number of ether oxygens (including phenoxy) is 1. The molecule has 3 rings (SSSR count). The Morgan fingerprint density at radius 2 is 2.20 bits per heavy atom. The van der Waals surface area contributed by atoms with Crippen LogP contribution in [0.15, 0.2) is 22.7 Å². The zero-order valence-electron chi connectivity index (χ0n) is 14.3. The molecular weight excluding hydrogens is 402 g/mol. The van der Waals surface area contributed by atoms with Gasteiger partial charge in [-0.15, -0.1) is 11.3 Å². The molecular formula is C18H18BrN3O2S. The van der Waals surface area contributed by atoms with Gasteiger partial charge in [0.2, 0.25) is 0 Å². The van der Waals surface area contributed by atoms with E-state index in [-0.39, 0.29) is 6.09 Å². The summed E-state index contributed by atoms with van der Waals surface area (Å²) >= 11 is 4.95. The molecule has 1 aromatic heterocycles. The number of halogens is 1. The molecule has 0 atom stereocenters. The highest BCUT2D eigenvalue weighted by Crippen LogP contribution is 2.35. The van der Waals surface area contributed by atoms with Crippen LogP contribution in [0.5, 0.6) is 0 Å². The third-order valence-corrected chi connectivity index (χ3v) is 5.52. The number of rotatable bonds is 1. The van der Waals surface area contributed by atoms with Gasteiger partial charge >= 0.3 is 6.09 Å². The minimum Gasteiger partial charge on any atom is -0.444 e. The second kappa shape index (κ2) is 6.77. The standard InChI is InChI=1S/C18H18BrN3O2S/c1-18(2,3)24-17(23)22-8-7-14-15(10-22)25-16(21-14)11-5-4-6-13(19)12(11)9-20/h4-6H,7-8,10H2,1-3H3. The van der Waals surface area contributed by atoms with Crippen LogP contribution in [0.2, 0.25) is 0 Å². The highest BCUT2D eigenvalue weighted by atomic mass is 79.9. The summed E-state index contributed by atoms with van der Waals surface area (Å²) in [5.41, 5.74) is 1.90. The summed E-state index contributed by atoms with van der Waals surface area (Å²) in [4.78, 5) is 19.8. The van der Waals surface area contributed by atoms with Crippen molar-refractivity contribution in [2.75, 3.05) is 6.54 Å². The molecule has 7 heteroatoms. The smallest absolute Gasteiger partial charge is 0.410 e. The van der Waals surface area contributed by atoms with Gasteiger partial charge < -0.3 is 9.64 Å².